The third-order valence-corrected chi connectivity index (χ3v) is 3.68. The molecular formula is C14H25N3OS. The van der Waals surface area contributed by atoms with Gasteiger partial charge in [0.2, 0.25) is 0 Å². The number of hydrogen-bond donors (Lipinski definition) is 2. The molecule has 5 heteroatoms. The molecule has 19 heavy (non-hydrogen) atoms. The summed E-state index contributed by atoms with van der Waals surface area (Å²) in [5, 5.41) is 1.95. The van der Waals surface area contributed by atoms with E-state index in [9.17, 15) is 4.79 Å². The van der Waals surface area contributed by atoms with E-state index in [1.807, 2.05) is 11.4 Å². The van der Waals surface area contributed by atoms with Crippen molar-refractivity contribution >= 4 is 17.2 Å². The number of nitrogens with one attached hydrogen (secondary N) is 1. The predicted molar refractivity (Wildman–Crippen MR) is 80.9 cm³/mol. The first-order valence-corrected chi connectivity index (χ1v) is 7.61. The lowest BCUT2D eigenvalue weighted by Crippen LogP contribution is -2.33. The molecule has 4 nitrogen and oxygen atoms in total. The van der Waals surface area contributed by atoms with Gasteiger partial charge in [-0.05, 0) is 28.8 Å². The van der Waals surface area contributed by atoms with Crippen LogP contribution in [0.3, 0.4) is 0 Å². The summed E-state index contributed by atoms with van der Waals surface area (Å²) in [5.41, 5.74) is 3.28. The Balaban J connectivity index is 2.78. The van der Waals surface area contributed by atoms with Crippen molar-refractivity contribution in [2.75, 3.05) is 13.1 Å². The van der Waals surface area contributed by atoms with Gasteiger partial charge in [0.25, 0.3) is 5.91 Å². The smallest absolute Gasteiger partial charge is 0.275 e. The fourth-order valence-corrected chi connectivity index (χ4v) is 3.02. The van der Waals surface area contributed by atoms with Crippen LogP contribution in [0.15, 0.2) is 11.4 Å². The summed E-state index contributed by atoms with van der Waals surface area (Å²) in [5.74, 6) is 6.25. The number of nitrogens with zero attached hydrogens (tertiary/aromatic N) is 1. The zero-order valence-electron chi connectivity index (χ0n) is 12.3. The third kappa shape index (κ3) is 5.30. The highest BCUT2D eigenvalue weighted by molar-refractivity contribution is 7.12. The first kappa shape index (κ1) is 16.1. The van der Waals surface area contributed by atoms with Gasteiger partial charge in [0.15, 0.2) is 0 Å². The minimum Gasteiger partial charge on any atom is -0.299 e. The fraction of sp³-hybridized carbons (Fsp3) is 0.643. The average Bonchev–Trinajstić information content (AvgIpc) is 2.74. The van der Waals surface area contributed by atoms with Gasteiger partial charge in [-0.2, -0.15) is 0 Å². The van der Waals surface area contributed by atoms with Gasteiger partial charge in [0.05, 0.1) is 4.88 Å². The molecule has 108 valence electrons. The SMILES string of the molecule is CC(C)CN(Cc1ccsc1C(=O)NN)CC(C)C. The lowest BCUT2D eigenvalue weighted by molar-refractivity contribution is 0.0955. The molecule has 0 aliphatic rings. The standard InChI is InChI=1S/C14H25N3OS/c1-10(2)7-17(8-11(3)4)9-12-5-6-19-13(12)14(18)16-15/h5-6,10-11H,7-9,15H2,1-4H3,(H,16,18). The molecular weight excluding hydrogens is 258 g/mol. The van der Waals surface area contributed by atoms with Crippen LogP contribution in [-0.4, -0.2) is 23.9 Å². The number of carbonyl (C=O) groups excluding carboxylic acids is 1. The molecule has 0 saturated heterocycles. The predicted octanol–water partition coefficient (Wildman–Crippen LogP) is 2.47. The van der Waals surface area contributed by atoms with Crippen LogP contribution in [0.4, 0.5) is 0 Å². The number of hydrazine groups is 1. The Hall–Kier alpha value is -0.910. The van der Waals surface area contributed by atoms with Gasteiger partial charge in [-0.15, -0.1) is 11.3 Å². The number of thiophene rings is 1. The zero-order valence-corrected chi connectivity index (χ0v) is 13.1. The van der Waals surface area contributed by atoms with Gasteiger partial charge in [-0.25, -0.2) is 5.84 Å². The molecule has 0 bridgehead atoms. The fourth-order valence-electron chi connectivity index (χ4n) is 2.20. The number of rotatable bonds is 7. The van der Waals surface area contributed by atoms with Gasteiger partial charge < -0.3 is 0 Å². The molecule has 0 saturated carbocycles. The number of amides is 1. The molecule has 0 unspecified atom stereocenters. The zero-order chi connectivity index (χ0) is 14.4. The summed E-state index contributed by atoms with van der Waals surface area (Å²) in [6.45, 7) is 11.8. The molecule has 0 aromatic carbocycles. The Morgan fingerprint density at radius 1 is 1.32 bits per heavy atom. The van der Waals surface area contributed by atoms with Gasteiger partial charge >= 0.3 is 0 Å². The number of hydrogen-bond acceptors (Lipinski definition) is 4. The number of carbonyl (C=O) groups is 1. The minimum absolute atomic E-state index is 0.195. The second-order valence-corrected chi connectivity index (χ2v) is 6.65. The molecule has 1 rings (SSSR count). The Kier molecular flexibility index (Phi) is 6.48. The summed E-state index contributed by atoms with van der Waals surface area (Å²) in [6.07, 6.45) is 0. The highest BCUT2D eigenvalue weighted by Crippen LogP contribution is 2.19. The molecule has 1 heterocycles. The van der Waals surface area contributed by atoms with Crippen LogP contribution in [0.5, 0.6) is 0 Å². The van der Waals surface area contributed by atoms with E-state index in [0.717, 1.165) is 30.1 Å². The van der Waals surface area contributed by atoms with E-state index >= 15 is 0 Å². The monoisotopic (exact) mass is 283 g/mol. The summed E-state index contributed by atoms with van der Waals surface area (Å²) in [6, 6.07) is 2.02. The Morgan fingerprint density at radius 3 is 2.37 bits per heavy atom. The van der Waals surface area contributed by atoms with Gasteiger partial charge in [0.1, 0.15) is 0 Å². The van der Waals surface area contributed by atoms with E-state index in [0.29, 0.717) is 11.8 Å². The van der Waals surface area contributed by atoms with Gasteiger partial charge in [-0.1, -0.05) is 27.7 Å². The number of nitrogen functional groups attached to an aromatic ring is 1. The third-order valence-electron chi connectivity index (χ3n) is 2.72. The lowest BCUT2D eigenvalue weighted by Gasteiger charge is -2.26. The molecule has 1 aromatic rings. The molecule has 0 aliphatic heterocycles. The summed E-state index contributed by atoms with van der Waals surface area (Å²) < 4.78 is 0. The average molecular weight is 283 g/mol. The van der Waals surface area contributed by atoms with Crippen molar-refractivity contribution in [2.45, 2.75) is 34.2 Å². The maximum Gasteiger partial charge on any atom is 0.275 e. The van der Waals surface area contributed by atoms with Crippen LogP contribution in [0.1, 0.15) is 42.9 Å². The Bertz CT molecular complexity index is 391. The summed E-state index contributed by atoms with van der Waals surface area (Å²) in [4.78, 5) is 14.8. The van der Waals surface area contributed by atoms with Crippen molar-refractivity contribution in [1.29, 1.82) is 0 Å². The minimum atomic E-state index is -0.195. The second-order valence-electron chi connectivity index (χ2n) is 5.73. The first-order valence-electron chi connectivity index (χ1n) is 6.73. The Morgan fingerprint density at radius 2 is 1.89 bits per heavy atom. The highest BCUT2D eigenvalue weighted by atomic mass is 32.1. The van der Waals surface area contributed by atoms with Crippen molar-refractivity contribution in [3.8, 4) is 0 Å². The largest absolute Gasteiger partial charge is 0.299 e. The van der Waals surface area contributed by atoms with Crippen molar-refractivity contribution in [3.05, 3.63) is 21.9 Å². The molecule has 0 spiro atoms. The van der Waals surface area contributed by atoms with Crippen LogP contribution in [0.2, 0.25) is 0 Å². The molecule has 1 aromatic heterocycles. The normalized spacial score (nSPS) is 11.6. The van der Waals surface area contributed by atoms with E-state index in [2.05, 4.69) is 38.0 Å². The van der Waals surface area contributed by atoms with Crippen LogP contribution < -0.4 is 11.3 Å². The van der Waals surface area contributed by atoms with Gasteiger partial charge in [-0.3, -0.25) is 15.1 Å². The molecule has 0 fully saturated rings. The van der Waals surface area contributed by atoms with Crippen LogP contribution in [-0.2, 0) is 6.54 Å². The van der Waals surface area contributed by atoms with E-state index in [1.54, 1.807) is 0 Å². The van der Waals surface area contributed by atoms with Crippen LogP contribution in [0, 0.1) is 11.8 Å². The highest BCUT2D eigenvalue weighted by Gasteiger charge is 2.16. The maximum absolute atomic E-state index is 11.7. The van der Waals surface area contributed by atoms with Crippen molar-refractivity contribution in [3.63, 3.8) is 0 Å². The van der Waals surface area contributed by atoms with Crippen LogP contribution >= 0.6 is 11.3 Å². The van der Waals surface area contributed by atoms with E-state index < -0.39 is 0 Å². The van der Waals surface area contributed by atoms with E-state index in [1.165, 1.54) is 11.3 Å². The van der Waals surface area contributed by atoms with Crippen molar-refractivity contribution in [2.24, 2.45) is 17.7 Å². The first-order chi connectivity index (χ1) is 8.93. The quantitative estimate of drug-likeness (QED) is 0.459. The lowest BCUT2D eigenvalue weighted by atomic mass is 10.1. The second kappa shape index (κ2) is 7.62. The Labute approximate surface area is 120 Å². The van der Waals surface area contributed by atoms with E-state index in [4.69, 9.17) is 5.84 Å². The maximum atomic E-state index is 11.7. The molecule has 0 radical (unpaired) electrons. The summed E-state index contributed by atoms with van der Waals surface area (Å²) >= 11 is 1.44. The molecule has 0 aliphatic carbocycles. The molecule has 3 N–H and O–H groups in total. The van der Waals surface area contributed by atoms with E-state index in [-0.39, 0.29) is 5.91 Å². The number of nitrogens with two attached hydrogens (primary N) is 1. The molecule has 1 amide bonds. The molecule has 0 atom stereocenters. The summed E-state index contributed by atoms with van der Waals surface area (Å²) in [7, 11) is 0. The van der Waals surface area contributed by atoms with Crippen LogP contribution in [0.25, 0.3) is 0 Å². The van der Waals surface area contributed by atoms with Gasteiger partial charge in [0, 0.05) is 19.6 Å². The topological polar surface area (TPSA) is 58.4 Å². The van der Waals surface area contributed by atoms with Crippen molar-refractivity contribution in [1.82, 2.24) is 10.3 Å². The van der Waals surface area contributed by atoms with Crippen molar-refractivity contribution < 1.29 is 4.79 Å².